The van der Waals surface area contributed by atoms with Gasteiger partial charge in [-0.2, -0.15) is 0 Å². The average Bonchev–Trinajstić information content (AvgIpc) is 2.97. The Labute approximate surface area is 99.5 Å². The van der Waals surface area contributed by atoms with Crippen molar-refractivity contribution in [2.24, 2.45) is 11.8 Å². The van der Waals surface area contributed by atoms with Crippen molar-refractivity contribution in [1.82, 2.24) is 4.90 Å². The van der Waals surface area contributed by atoms with Gasteiger partial charge < -0.3 is 19.5 Å². The number of hydrogen-bond acceptors (Lipinski definition) is 4. The molecule has 0 spiro atoms. The smallest absolute Gasteiger partial charge is 0.311 e. The molecule has 6 nitrogen and oxygen atoms in total. The van der Waals surface area contributed by atoms with Crippen LogP contribution >= 0.6 is 0 Å². The highest BCUT2D eigenvalue weighted by molar-refractivity contribution is 5.80. The van der Waals surface area contributed by atoms with E-state index in [1.165, 1.54) is 4.90 Å². The van der Waals surface area contributed by atoms with Gasteiger partial charge in [-0.25, -0.2) is 0 Å². The van der Waals surface area contributed by atoms with Crippen molar-refractivity contribution in [3.63, 3.8) is 0 Å². The summed E-state index contributed by atoms with van der Waals surface area (Å²) in [5.74, 6) is -1.69. The fourth-order valence-corrected chi connectivity index (χ4v) is 2.34. The van der Waals surface area contributed by atoms with Gasteiger partial charge in [0.15, 0.2) is 0 Å². The summed E-state index contributed by atoms with van der Waals surface area (Å²) in [4.78, 5) is 24.6. The summed E-state index contributed by atoms with van der Waals surface area (Å²) < 4.78 is 10.3. The molecule has 2 heterocycles. The second kappa shape index (κ2) is 5.01. The summed E-state index contributed by atoms with van der Waals surface area (Å²) in [5, 5.41) is 9.04. The second-order valence-electron chi connectivity index (χ2n) is 4.56. The van der Waals surface area contributed by atoms with E-state index in [0.29, 0.717) is 26.2 Å². The van der Waals surface area contributed by atoms with E-state index in [0.717, 1.165) is 0 Å². The first-order valence-electron chi connectivity index (χ1n) is 5.76. The molecule has 2 saturated heterocycles. The lowest BCUT2D eigenvalue weighted by Crippen LogP contribution is -2.46. The molecule has 3 unspecified atom stereocenters. The SMILES string of the molecule is CN(C(=O)C1CCOC1)C1COCC1C(=O)O. The first kappa shape index (κ1) is 12.3. The maximum absolute atomic E-state index is 12.1. The van der Waals surface area contributed by atoms with E-state index >= 15 is 0 Å². The maximum Gasteiger partial charge on any atom is 0.311 e. The van der Waals surface area contributed by atoms with E-state index in [2.05, 4.69) is 0 Å². The molecular weight excluding hydrogens is 226 g/mol. The molecule has 0 radical (unpaired) electrons. The van der Waals surface area contributed by atoms with Gasteiger partial charge in [-0.05, 0) is 6.42 Å². The Hall–Kier alpha value is -1.14. The van der Waals surface area contributed by atoms with Gasteiger partial charge >= 0.3 is 5.97 Å². The molecule has 1 amide bonds. The van der Waals surface area contributed by atoms with Gasteiger partial charge in [-0.1, -0.05) is 0 Å². The number of carboxylic acid groups (broad SMARTS) is 1. The summed E-state index contributed by atoms with van der Waals surface area (Å²) in [6.45, 7) is 1.52. The number of carbonyl (C=O) groups excluding carboxylic acids is 1. The topological polar surface area (TPSA) is 76.1 Å². The number of aliphatic carboxylic acids is 1. The van der Waals surface area contributed by atoms with Gasteiger partial charge in [0.2, 0.25) is 5.91 Å². The third kappa shape index (κ3) is 2.42. The minimum Gasteiger partial charge on any atom is -0.481 e. The summed E-state index contributed by atoms with van der Waals surface area (Å²) in [7, 11) is 1.65. The first-order chi connectivity index (χ1) is 8.11. The third-order valence-corrected chi connectivity index (χ3v) is 3.49. The summed E-state index contributed by atoms with van der Waals surface area (Å²) in [6, 6.07) is -0.361. The number of likely N-dealkylation sites (N-methyl/N-ethyl adjacent to an activating group) is 1. The Morgan fingerprint density at radius 3 is 2.59 bits per heavy atom. The number of carbonyl (C=O) groups is 2. The number of nitrogens with zero attached hydrogens (tertiary/aromatic N) is 1. The van der Waals surface area contributed by atoms with Crippen molar-refractivity contribution in [1.29, 1.82) is 0 Å². The quantitative estimate of drug-likeness (QED) is 0.728. The molecule has 0 aromatic carbocycles. The van der Waals surface area contributed by atoms with Crippen molar-refractivity contribution < 1.29 is 24.2 Å². The zero-order valence-corrected chi connectivity index (χ0v) is 9.80. The van der Waals surface area contributed by atoms with Crippen LogP contribution in [0.15, 0.2) is 0 Å². The highest BCUT2D eigenvalue weighted by Gasteiger charge is 2.40. The third-order valence-electron chi connectivity index (χ3n) is 3.49. The van der Waals surface area contributed by atoms with Crippen molar-refractivity contribution in [2.75, 3.05) is 33.5 Å². The summed E-state index contributed by atoms with van der Waals surface area (Å²) >= 11 is 0. The van der Waals surface area contributed by atoms with E-state index in [1.807, 2.05) is 0 Å². The van der Waals surface area contributed by atoms with Crippen molar-refractivity contribution in [3.8, 4) is 0 Å². The Bertz CT molecular complexity index is 313. The minimum atomic E-state index is -0.908. The lowest BCUT2D eigenvalue weighted by atomic mass is 10.0. The Morgan fingerprint density at radius 1 is 1.24 bits per heavy atom. The zero-order valence-electron chi connectivity index (χ0n) is 9.80. The highest BCUT2D eigenvalue weighted by atomic mass is 16.5. The predicted molar refractivity (Wildman–Crippen MR) is 57.4 cm³/mol. The van der Waals surface area contributed by atoms with Crippen LogP contribution < -0.4 is 0 Å². The normalized spacial score (nSPS) is 32.6. The van der Waals surface area contributed by atoms with Gasteiger partial charge in [0.25, 0.3) is 0 Å². The van der Waals surface area contributed by atoms with Gasteiger partial charge in [0.05, 0.1) is 31.8 Å². The first-order valence-corrected chi connectivity index (χ1v) is 5.76. The van der Waals surface area contributed by atoms with Crippen molar-refractivity contribution in [2.45, 2.75) is 12.5 Å². The van der Waals surface area contributed by atoms with Gasteiger partial charge in [-0.15, -0.1) is 0 Å². The fraction of sp³-hybridized carbons (Fsp3) is 0.818. The summed E-state index contributed by atoms with van der Waals surface area (Å²) in [5.41, 5.74) is 0. The Balaban J connectivity index is 2.00. The van der Waals surface area contributed by atoms with E-state index < -0.39 is 11.9 Å². The molecule has 0 aliphatic carbocycles. The largest absolute Gasteiger partial charge is 0.481 e. The Kier molecular flexibility index (Phi) is 3.63. The molecule has 3 atom stereocenters. The van der Waals surface area contributed by atoms with Crippen LogP contribution in [0.4, 0.5) is 0 Å². The van der Waals surface area contributed by atoms with Crippen LogP contribution in [0.1, 0.15) is 6.42 Å². The van der Waals surface area contributed by atoms with E-state index in [1.54, 1.807) is 7.05 Å². The molecule has 2 aliphatic heterocycles. The maximum atomic E-state index is 12.1. The van der Waals surface area contributed by atoms with Crippen LogP contribution in [0.25, 0.3) is 0 Å². The molecule has 1 N–H and O–H groups in total. The Morgan fingerprint density at radius 2 is 2.00 bits per heavy atom. The van der Waals surface area contributed by atoms with Crippen molar-refractivity contribution in [3.05, 3.63) is 0 Å². The van der Waals surface area contributed by atoms with E-state index in [-0.39, 0.29) is 24.5 Å². The minimum absolute atomic E-state index is 0.0377. The number of amides is 1. The molecule has 0 aromatic heterocycles. The van der Waals surface area contributed by atoms with Crippen LogP contribution in [0.5, 0.6) is 0 Å². The standard InChI is InChI=1S/C11H17NO5/c1-12(10(13)7-2-3-16-4-7)9-6-17-5-8(9)11(14)15/h7-9H,2-6H2,1H3,(H,14,15). The molecule has 0 bridgehead atoms. The van der Waals surface area contributed by atoms with Crippen LogP contribution in [0.3, 0.4) is 0 Å². The average molecular weight is 243 g/mol. The molecule has 2 rings (SSSR count). The van der Waals surface area contributed by atoms with Crippen molar-refractivity contribution >= 4 is 11.9 Å². The van der Waals surface area contributed by atoms with Gasteiger partial charge in [0.1, 0.15) is 5.92 Å². The molecule has 2 fully saturated rings. The monoisotopic (exact) mass is 243 g/mol. The highest BCUT2D eigenvalue weighted by Crippen LogP contribution is 2.23. The summed E-state index contributed by atoms with van der Waals surface area (Å²) in [6.07, 6.45) is 0.717. The lowest BCUT2D eigenvalue weighted by molar-refractivity contribution is -0.145. The van der Waals surface area contributed by atoms with Crippen LogP contribution in [0.2, 0.25) is 0 Å². The van der Waals surface area contributed by atoms with Crippen LogP contribution in [-0.2, 0) is 19.1 Å². The molecule has 6 heteroatoms. The number of ether oxygens (including phenoxy) is 2. The molecule has 0 aromatic rings. The molecule has 96 valence electrons. The second-order valence-corrected chi connectivity index (χ2v) is 4.56. The van der Waals surface area contributed by atoms with Gasteiger partial charge in [-0.3, -0.25) is 9.59 Å². The van der Waals surface area contributed by atoms with E-state index in [9.17, 15) is 9.59 Å². The molecule has 2 aliphatic rings. The predicted octanol–water partition coefficient (Wildman–Crippen LogP) is -0.419. The molecule has 0 saturated carbocycles. The number of carboxylic acids is 1. The lowest BCUT2D eigenvalue weighted by Gasteiger charge is -2.28. The fourth-order valence-electron chi connectivity index (χ4n) is 2.34. The number of rotatable bonds is 3. The van der Waals surface area contributed by atoms with Crippen LogP contribution in [-0.4, -0.2) is 61.4 Å². The van der Waals surface area contributed by atoms with E-state index in [4.69, 9.17) is 14.6 Å². The molecular formula is C11H17NO5. The molecule has 17 heavy (non-hydrogen) atoms. The number of hydrogen-bond donors (Lipinski definition) is 1. The zero-order chi connectivity index (χ0) is 12.4. The van der Waals surface area contributed by atoms with Gasteiger partial charge in [0, 0.05) is 13.7 Å². The van der Waals surface area contributed by atoms with Crippen LogP contribution in [0, 0.1) is 11.8 Å².